The predicted molar refractivity (Wildman–Crippen MR) is 129 cm³/mol. The minimum Gasteiger partial charge on any atom is -0.496 e. The van der Waals surface area contributed by atoms with Crippen molar-refractivity contribution in [3.8, 4) is 5.75 Å². The van der Waals surface area contributed by atoms with E-state index in [4.69, 9.17) is 16.3 Å². The summed E-state index contributed by atoms with van der Waals surface area (Å²) in [6.07, 6.45) is 5.53. The van der Waals surface area contributed by atoms with Crippen molar-refractivity contribution in [1.29, 1.82) is 0 Å². The Morgan fingerprint density at radius 3 is 2.48 bits per heavy atom. The maximum Gasteiger partial charge on any atom is 0.335 e. The van der Waals surface area contributed by atoms with E-state index in [0.29, 0.717) is 35.0 Å². The van der Waals surface area contributed by atoms with Crippen LogP contribution in [0.25, 0.3) is 0 Å². The summed E-state index contributed by atoms with van der Waals surface area (Å²) in [5, 5.41) is 6.12. The maximum atomic E-state index is 12.6. The monoisotopic (exact) mass is 493 g/mol. The van der Waals surface area contributed by atoms with Crippen LogP contribution >= 0.6 is 11.6 Å². The molecule has 1 fully saturated rings. The van der Waals surface area contributed by atoms with E-state index in [1.807, 2.05) is 0 Å². The zero-order chi connectivity index (χ0) is 23.8. The number of rotatable bonds is 8. The van der Waals surface area contributed by atoms with Gasteiger partial charge in [-0.15, -0.1) is 0 Å². The van der Waals surface area contributed by atoms with E-state index in [1.54, 1.807) is 42.5 Å². The van der Waals surface area contributed by atoms with E-state index in [9.17, 15) is 18.4 Å². The minimum atomic E-state index is -2.49. The molecule has 0 bridgehead atoms. The number of urea groups is 1. The molecule has 1 unspecified atom stereocenters. The third kappa shape index (κ3) is 6.93. The van der Waals surface area contributed by atoms with Crippen molar-refractivity contribution in [3.05, 3.63) is 58.6 Å². The predicted octanol–water partition coefficient (Wildman–Crippen LogP) is 4.31. The van der Waals surface area contributed by atoms with Gasteiger partial charge in [0.25, 0.3) is 17.2 Å². The van der Waals surface area contributed by atoms with Crippen LogP contribution < -0.4 is 19.7 Å². The SMILES string of the molecule is COc1ccc(Cl)cc1C(=O)NCCc1ccc(N(C(=O)NC2CCCCC2)S(=O)O)cc1. The van der Waals surface area contributed by atoms with Crippen LogP contribution in [0.3, 0.4) is 0 Å². The molecule has 3 N–H and O–H groups in total. The highest BCUT2D eigenvalue weighted by molar-refractivity contribution is 7.81. The Morgan fingerprint density at radius 2 is 1.85 bits per heavy atom. The molecule has 0 radical (unpaired) electrons. The van der Waals surface area contributed by atoms with Gasteiger partial charge in [0, 0.05) is 17.6 Å². The first-order valence-corrected chi connectivity index (χ1v) is 12.3. The molecule has 3 amide bonds. The summed E-state index contributed by atoms with van der Waals surface area (Å²) < 4.78 is 27.6. The number of nitrogens with zero attached hydrogens (tertiary/aromatic N) is 1. The summed E-state index contributed by atoms with van der Waals surface area (Å²) in [6.45, 7) is 0.367. The summed E-state index contributed by atoms with van der Waals surface area (Å²) in [5.41, 5.74) is 1.57. The van der Waals surface area contributed by atoms with Crippen LogP contribution in [0.1, 0.15) is 48.0 Å². The average Bonchev–Trinajstić information content (AvgIpc) is 2.80. The highest BCUT2D eigenvalue weighted by atomic mass is 35.5. The third-order valence-corrected chi connectivity index (χ3v) is 6.47. The normalized spacial score (nSPS) is 14.9. The molecule has 1 aliphatic carbocycles. The number of ether oxygens (including phenoxy) is 1. The molecule has 0 aliphatic heterocycles. The van der Waals surface area contributed by atoms with Crippen LogP contribution in [0.2, 0.25) is 5.02 Å². The van der Waals surface area contributed by atoms with Crippen LogP contribution in [0, 0.1) is 0 Å². The zero-order valence-corrected chi connectivity index (χ0v) is 20.0. The number of nitrogens with one attached hydrogen (secondary N) is 2. The van der Waals surface area contributed by atoms with Crippen molar-refractivity contribution in [3.63, 3.8) is 0 Å². The smallest absolute Gasteiger partial charge is 0.335 e. The summed E-state index contributed by atoms with van der Waals surface area (Å²) in [4.78, 5) is 25.1. The lowest BCUT2D eigenvalue weighted by Gasteiger charge is -2.26. The molecule has 0 aromatic heterocycles. The standard InChI is InChI=1S/C23H28ClN3O5S/c1-32-21-12-9-17(24)15-20(21)22(28)25-14-13-16-7-10-19(11-8-16)27(33(30)31)23(29)26-18-5-3-2-4-6-18/h7-12,15,18H,2-6,13-14H2,1H3,(H,25,28)(H,26,29)(H,30,31). The van der Waals surface area contributed by atoms with Gasteiger partial charge in [0.15, 0.2) is 0 Å². The van der Waals surface area contributed by atoms with Crippen LogP contribution in [0.5, 0.6) is 5.75 Å². The van der Waals surface area contributed by atoms with Crippen molar-refractivity contribution >= 4 is 40.5 Å². The molecule has 2 aromatic carbocycles. The number of carbonyl (C=O) groups is 2. The quantitative estimate of drug-likeness (QED) is 0.475. The van der Waals surface area contributed by atoms with Gasteiger partial charge < -0.3 is 15.4 Å². The largest absolute Gasteiger partial charge is 0.496 e. The second-order valence-corrected chi connectivity index (χ2v) is 9.09. The first kappa shape index (κ1) is 25.0. The molecule has 178 valence electrons. The molecule has 3 rings (SSSR count). The van der Waals surface area contributed by atoms with E-state index in [0.717, 1.165) is 42.0 Å². The van der Waals surface area contributed by atoms with Gasteiger partial charge in [-0.1, -0.05) is 43.0 Å². The van der Waals surface area contributed by atoms with Crippen molar-refractivity contribution in [2.75, 3.05) is 18.0 Å². The van der Waals surface area contributed by atoms with Crippen LogP contribution in [0.4, 0.5) is 10.5 Å². The lowest BCUT2D eigenvalue weighted by atomic mass is 9.96. The van der Waals surface area contributed by atoms with E-state index >= 15 is 0 Å². The molecule has 33 heavy (non-hydrogen) atoms. The summed E-state index contributed by atoms with van der Waals surface area (Å²) >= 11 is 3.49. The van der Waals surface area contributed by atoms with Gasteiger partial charge in [0.05, 0.1) is 18.4 Å². The second kappa shape index (κ2) is 12.0. The maximum absolute atomic E-state index is 12.6. The summed E-state index contributed by atoms with van der Waals surface area (Å²) in [7, 11) is 1.49. The Bertz CT molecular complexity index is 996. The first-order valence-electron chi connectivity index (χ1n) is 10.8. The van der Waals surface area contributed by atoms with Gasteiger partial charge in [-0.3, -0.25) is 9.35 Å². The number of amides is 3. The molecule has 10 heteroatoms. The van der Waals surface area contributed by atoms with Crippen molar-refractivity contribution < 1.29 is 23.1 Å². The Morgan fingerprint density at radius 1 is 1.15 bits per heavy atom. The fourth-order valence-corrected chi connectivity index (χ4v) is 4.50. The van der Waals surface area contributed by atoms with Gasteiger partial charge in [0.2, 0.25) is 0 Å². The van der Waals surface area contributed by atoms with Gasteiger partial charge >= 0.3 is 6.03 Å². The molecular formula is C23H28ClN3O5S. The Hall–Kier alpha value is -2.62. The van der Waals surface area contributed by atoms with E-state index in [-0.39, 0.29) is 11.9 Å². The Labute approximate surface area is 201 Å². The topological polar surface area (TPSA) is 108 Å². The molecule has 1 aliphatic rings. The second-order valence-electron chi connectivity index (χ2n) is 7.83. The fraction of sp³-hybridized carbons (Fsp3) is 0.391. The van der Waals surface area contributed by atoms with Gasteiger partial charge in [-0.05, 0) is 55.2 Å². The van der Waals surface area contributed by atoms with Crippen molar-refractivity contribution in [2.45, 2.75) is 44.6 Å². The molecule has 0 heterocycles. The number of methoxy groups -OCH3 is 1. The average molecular weight is 494 g/mol. The van der Waals surface area contributed by atoms with Crippen molar-refractivity contribution in [2.24, 2.45) is 0 Å². The molecule has 2 aromatic rings. The van der Waals surface area contributed by atoms with E-state index in [2.05, 4.69) is 10.6 Å². The van der Waals surface area contributed by atoms with Gasteiger partial charge in [-0.25, -0.2) is 9.00 Å². The lowest BCUT2D eigenvalue weighted by Crippen LogP contribution is -2.46. The summed E-state index contributed by atoms with van der Waals surface area (Å²) in [6, 6.07) is 11.0. The molecule has 1 saturated carbocycles. The van der Waals surface area contributed by atoms with Gasteiger partial charge in [0.1, 0.15) is 5.75 Å². The molecule has 0 spiro atoms. The Balaban J connectivity index is 1.57. The molecule has 1 atom stereocenters. The highest BCUT2D eigenvalue weighted by Gasteiger charge is 2.24. The summed E-state index contributed by atoms with van der Waals surface area (Å²) in [5.74, 6) is 0.136. The molecule has 0 saturated heterocycles. The van der Waals surface area contributed by atoms with Crippen LogP contribution in [-0.2, 0) is 17.7 Å². The van der Waals surface area contributed by atoms with E-state index < -0.39 is 17.3 Å². The highest BCUT2D eigenvalue weighted by Crippen LogP contribution is 2.23. The number of carbonyl (C=O) groups excluding carboxylic acids is 2. The van der Waals surface area contributed by atoms with E-state index in [1.165, 1.54) is 7.11 Å². The number of hydrogen-bond acceptors (Lipinski definition) is 4. The van der Waals surface area contributed by atoms with Crippen molar-refractivity contribution in [1.82, 2.24) is 10.6 Å². The number of anilines is 1. The number of hydrogen-bond donors (Lipinski definition) is 3. The first-order chi connectivity index (χ1) is 15.9. The van der Waals surface area contributed by atoms with Gasteiger partial charge in [-0.2, -0.15) is 4.31 Å². The Kier molecular flexibility index (Phi) is 9.11. The third-order valence-electron chi connectivity index (χ3n) is 5.55. The number of halogens is 1. The van der Waals surface area contributed by atoms with Crippen LogP contribution in [0.15, 0.2) is 42.5 Å². The fourth-order valence-electron chi connectivity index (χ4n) is 3.83. The zero-order valence-electron chi connectivity index (χ0n) is 18.4. The molecule has 8 nitrogen and oxygen atoms in total. The number of benzene rings is 2. The minimum absolute atomic E-state index is 0.0262. The van der Waals surface area contributed by atoms with Crippen LogP contribution in [-0.4, -0.2) is 40.4 Å². The molecular weight excluding hydrogens is 466 g/mol. The lowest BCUT2D eigenvalue weighted by molar-refractivity contribution is 0.0951.